The summed E-state index contributed by atoms with van der Waals surface area (Å²) < 4.78 is 13.4. The third kappa shape index (κ3) is 5.81. The summed E-state index contributed by atoms with van der Waals surface area (Å²) in [7, 11) is 0. The fourth-order valence-corrected chi connectivity index (χ4v) is 3.42. The molecule has 0 aromatic heterocycles. The van der Waals surface area contributed by atoms with Gasteiger partial charge in [0.2, 0.25) is 5.82 Å². The van der Waals surface area contributed by atoms with Gasteiger partial charge in [0.25, 0.3) is 0 Å². The largest absolute Gasteiger partial charge is 0.337 e. The molecule has 1 atom stereocenters. The molecule has 1 aliphatic carbocycles. The van der Waals surface area contributed by atoms with E-state index in [1.54, 1.807) is 12.1 Å². The third-order valence-electron chi connectivity index (χ3n) is 5.08. The molecule has 2 aromatic carbocycles. The Bertz CT molecular complexity index is 940. The number of nitrogens with one attached hydrogen (secondary N) is 3. The van der Waals surface area contributed by atoms with Crippen LogP contribution in [0.1, 0.15) is 30.7 Å². The summed E-state index contributed by atoms with van der Waals surface area (Å²) in [6.45, 7) is 0.942. The van der Waals surface area contributed by atoms with E-state index in [-0.39, 0.29) is 11.6 Å². The van der Waals surface area contributed by atoms with E-state index >= 15 is 0 Å². The van der Waals surface area contributed by atoms with Gasteiger partial charge in [0.15, 0.2) is 0 Å². The van der Waals surface area contributed by atoms with Crippen LogP contribution in [0.2, 0.25) is 10.0 Å². The highest BCUT2D eigenvalue weighted by Crippen LogP contribution is 2.27. The first-order valence-corrected chi connectivity index (χ1v) is 10.3. The average Bonchev–Trinajstić information content (AvgIpc) is 2.66. The second-order valence-corrected chi connectivity index (χ2v) is 7.98. The fourth-order valence-electron chi connectivity index (χ4n) is 3.12. The quantitative estimate of drug-likeness (QED) is 0.382. The number of benzene rings is 2. The maximum absolute atomic E-state index is 13.4. The first-order chi connectivity index (χ1) is 14.3. The lowest BCUT2D eigenvalue weighted by molar-refractivity contribution is -0.387. The Kier molecular flexibility index (Phi) is 7.47. The lowest BCUT2D eigenvalue weighted by Crippen LogP contribution is -2.41. The minimum absolute atomic E-state index is 0.0614. The molecule has 3 rings (SSSR count). The molecule has 0 saturated heterocycles. The molecule has 30 heavy (non-hydrogen) atoms. The van der Waals surface area contributed by atoms with Crippen molar-refractivity contribution in [3.05, 3.63) is 67.9 Å². The van der Waals surface area contributed by atoms with E-state index in [1.807, 2.05) is 6.07 Å². The van der Waals surface area contributed by atoms with Crippen molar-refractivity contribution in [1.29, 1.82) is 0 Å². The Morgan fingerprint density at radius 1 is 1.17 bits per heavy atom. The van der Waals surface area contributed by atoms with E-state index in [9.17, 15) is 19.3 Å². The zero-order valence-corrected chi connectivity index (χ0v) is 17.5. The molecule has 1 fully saturated rings. The Morgan fingerprint density at radius 2 is 1.93 bits per heavy atom. The number of carbonyl (C=O) groups excluding carboxylic acids is 1. The number of amides is 2. The van der Waals surface area contributed by atoms with Gasteiger partial charge in [-0.05, 0) is 42.7 Å². The van der Waals surface area contributed by atoms with Crippen molar-refractivity contribution in [2.75, 3.05) is 18.4 Å². The van der Waals surface area contributed by atoms with Crippen LogP contribution in [0.25, 0.3) is 0 Å². The monoisotopic (exact) mass is 454 g/mol. The molecule has 0 heterocycles. The van der Waals surface area contributed by atoms with Crippen LogP contribution in [0.5, 0.6) is 0 Å². The van der Waals surface area contributed by atoms with Gasteiger partial charge in [-0.1, -0.05) is 35.7 Å². The van der Waals surface area contributed by atoms with Gasteiger partial charge in [0.1, 0.15) is 0 Å². The van der Waals surface area contributed by atoms with Crippen LogP contribution in [0.3, 0.4) is 0 Å². The number of nitro groups is 1. The smallest absolute Gasteiger partial charge is 0.319 e. The number of hydrogen-bond donors (Lipinski definition) is 3. The third-order valence-corrected chi connectivity index (χ3v) is 5.82. The number of halogens is 3. The van der Waals surface area contributed by atoms with Crippen molar-refractivity contribution in [3.8, 4) is 0 Å². The molecule has 1 saturated carbocycles. The van der Waals surface area contributed by atoms with Gasteiger partial charge in [-0.15, -0.1) is 0 Å². The van der Waals surface area contributed by atoms with Crippen LogP contribution >= 0.6 is 23.2 Å². The second kappa shape index (κ2) is 10.1. The van der Waals surface area contributed by atoms with Crippen molar-refractivity contribution in [2.45, 2.75) is 31.2 Å². The maximum Gasteiger partial charge on any atom is 0.319 e. The van der Waals surface area contributed by atoms with Gasteiger partial charge in [-0.2, -0.15) is 4.39 Å². The molecule has 0 spiro atoms. The topological polar surface area (TPSA) is 96.3 Å². The zero-order valence-electron chi connectivity index (χ0n) is 16.0. The summed E-state index contributed by atoms with van der Waals surface area (Å²) >= 11 is 12.2. The van der Waals surface area contributed by atoms with Crippen LogP contribution in [0.15, 0.2) is 36.4 Å². The second-order valence-electron chi connectivity index (χ2n) is 7.16. The first kappa shape index (κ1) is 22.3. The number of hydrogen-bond acceptors (Lipinski definition) is 4. The lowest BCUT2D eigenvalue weighted by atomic mass is 9.91. The number of anilines is 1. The highest BCUT2D eigenvalue weighted by Gasteiger charge is 2.21. The molecule has 10 heteroatoms. The van der Waals surface area contributed by atoms with Gasteiger partial charge >= 0.3 is 11.7 Å². The van der Waals surface area contributed by atoms with Crippen molar-refractivity contribution in [1.82, 2.24) is 10.6 Å². The van der Waals surface area contributed by atoms with Gasteiger partial charge in [-0.25, -0.2) is 4.79 Å². The average molecular weight is 455 g/mol. The highest BCUT2D eigenvalue weighted by atomic mass is 35.5. The van der Waals surface area contributed by atoms with Crippen LogP contribution in [-0.2, 0) is 0 Å². The van der Waals surface area contributed by atoms with Crippen molar-refractivity contribution < 1.29 is 14.1 Å². The fraction of sp³-hybridized carbons (Fsp3) is 0.350. The molecular weight excluding hydrogens is 434 g/mol. The van der Waals surface area contributed by atoms with E-state index in [4.69, 9.17) is 23.2 Å². The predicted molar refractivity (Wildman–Crippen MR) is 115 cm³/mol. The van der Waals surface area contributed by atoms with Crippen LogP contribution in [-0.4, -0.2) is 30.1 Å². The van der Waals surface area contributed by atoms with E-state index in [2.05, 4.69) is 16.0 Å². The SMILES string of the molecule is O=C(NCC(CNC1CCC1)c1ccc(Cl)c(Cl)c1)Nc1ccc(F)c([N+](=O)[O-])c1. The molecule has 0 radical (unpaired) electrons. The standard InChI is InChI=1S/C20H21Cl2FN4O3/c21-16-6-4-12(8-17(16)22)13(10-24-14-2-1-3-14)11-25-20(28)26-15-5-7-18(23)19(9-15)27(29)30/h4-9,13-14,24H,1-3,10-11H2,(H2,25,26,28). The van der Waals surface area contributed by atoms with E-state index in [1.165, 1.54) is 12.5 Å². The molecule has 1 aliphatic rings. The Morgan fingerprint density at radius 3 is 2.57 bits per heavy atom. The Labute approximate surface area is 183 Å². The molecule has 2 amide bonds. The Hall–Kier alpha value is -2.42. The molecule has 1 unspecified atom stereocenters. The minimum Gasteiger partial charge on any atom is -0.337 e. The lowest BCUT2D eigenvalue weighted by Gasteiger charge is -2.29. The number of nitrogens with zero attached hydrogens (tertiary/aromatic N) is 1. The molecular formula is C20H21Cl2FN4O3. The number of urea groups is 1. The Balaban J connectivity index is 1.63. The van der Waals surface area contributed by atoms with Crippen molar-refractivity contribution in [2.24, 2.45) is 0 Å². The molecule has 7 nitrogen and oxygen atoms in total. The van der Waals surface area contributed by atoms with E-state index < -0.39 is 22.5 Å². The van der Waals surface area contributed by atoms with Crippen LogP contribution in [0.4, 0.5) is 20.6 Å². The normalized spacial score (nSPS) is 14.6. The van der Waals surface area contributed by atoms with Gasteiger partial charge in [0.05, 0.1) is 15.0 Å². The number of rotatable bonds is 8. The number of carbonyl (C=O) groups is 1. The molecule has 0 aliphatic heterocycles. The van der Waals surface area contributed by atoms with Crippen LogP contribution in [0, 0.1) is 15.9 Å². The summed E-state index contributed by atoms with van der Waals surface area (Å²) in [5.74, 6) is -1.03. The van der Waals surface area contributed by atoms with Crippen LogP contribution < -0.4 is 16.0 Å². The van der Waals surface area contributed by atoms with Gasteiger partial charge in [-0.3, -0.25) is 10.1 Å². The van der Waals surface area contributed by atoms with Crippen molar-refractivity contribution in [3.63, 3.8) is 0 Å². The summed E-state index contributed by atoms with van der Waals surface area (Å²) in [6, 6.07) is 8.46. The zero-order chi connectivity index (χ0) is 21.7. The first-order valence-electron chi connectivity index (χ1n) is 9.50. The van der Waals surface area contributed by atoms with Gasteiger partial charge in [0, 0.05) is 36.8 Å². The summed E-state index contributed by atoms with van der Waals surface area (Å²) in [5.41, 5.74) is 0.347. The molecule has 0 bridgehead atoms. The van der Waals surface area contributed by atoms with Crippen molar-refractivity contribution >= 4 is 40.6 Å². The molecule has 3 N–H and O–H groups in total. The molecule has 2 aromatic rings. The highest BCUT2D eigenvalue weighted by molar-refractivity contribution is 6.42. The van der Waals surface area contributed by atoms with E-state index in [0.29, 0.717) is 29.2 Å². The summed E-state index contributed by atoms with van der Waals surface area (Å²) in [4.78, 5) is 22.3. The summed E-state index contributed by atoms with van der Waals surface area (Å²) in [6.07, 6.45) is 3.47. The minimum atomic E-state index is -0.965. The van der Waals surface area contributed by atoms with E-state index in [0.717, 1.165) is 30.5 Å². The van der Waals surface area contributed by atoms with Gasteiger partial charge < -0.3 is 16.0 Å². The number of nitro benzene ring substituents is 1. The summed E-state index contributed by atoms with van der Waals surface area (Å²) in [5, 5.41) is 20.5. The maximum atomic E-state index is 13.4. The molecule has 160 valence electrons. The predicted octanol–water partition coefficient (Wildman–Crippen LogP) is 5.09.